The number of nitrogens with zero attached hydrogens (tertiary/aromatic N) is 2. The van der Waals surface area contributed by atoms with Crippen molar-refractivity contribution < 1.29 is 9.53 Å². The Hall–Kier alpha value is -2.60. The normalized spacial score (nSPS) is 21.2. The van der Waals surface area contributed by atoms with Crippen LogP contribution in [0.1, 0.15) is 57.1 Å². The van der Waals surface area contributed by atoms with Crippen molar-refractivity contribution in [3.63, 3.8) is 0 Å². The zero-order chi connectivity index (χ0) is 20.8. The highest BCUT2D eigenvalue weighted by atomic mass is 16.5. The van der Waals surface area contributed by atoms with Crippen LogP contribution < -0.4 is 15.4 Å². The number of benzene rings is 1. The quantitative estimate of drug-likeness (QED) is 0.731. The van der Waals surface area contributed by atoms with Gasteiger partial charge in [0.15, 0.2) is 0 Å². The topological polar surface area (TPSA) is 66.5 Å². The summed E-state index contributed by atoms with van der Waals surface area (Å²) in [5.41, 5.74) is 1.04. The predicted molar refractivity (Wildman–Crippen MR) is 118 cm³/mol. The molecule has 0 spiro atoms. The highest BCUT2D eigenvalue weighted by Crippen LogP contribution is 2.26. The summed E-state index contributed by atoms with van der Waals surface area (Å²) in [5.74, 6) is 1.45. The molecule has 1 saturated carbocycles. The van der Waals surface area contributed by atoms with E-state index in [2.05, 4.69) is 20.5 Å². The lowest BCUT2D eigenvalue weighted by Crippen LogP contribution is -2.45. The fourth-order valence-corrected chi connectivity index (χ4v) is 4.56. The van der Waals surface area contributed by atoms with Crippen molar-refractivity contribution in [3.8, 4) is 11.5 Å². The standard InChI is InChI=1S/C24H32N4O2/c1-18(19-9-11-22(12-10-19)30-23-8-5-14-25-16-23)26-24(29)27-20-13-15-28(17-20)21-6-3-2-4-7-21/h5,8-12,14,16,18,20-21H,2-4,6-7,13,15,17H2,1H3,(H2,26,27,29). The molecular weight excluding hydrogens is 376 g/mol. The van der Waals surface area contributed by atoms with Crippen molar-refractivity contribution in [2.24, 2.45) is 0 Å². The number of ether oxygens (including phenoxy) is 1. The Balaban J connectivity index is 1.23. The van der Waals surface area contributed by atoms with Crippen LogP contribution in [-0.4, -0.2) is 41.1 Å². The van der Waals surface area contributed by atoms with Crippen molar-refractivity contribution in [1.29, 1.82) is 0 Å². The minimum atomic E-state index is -0.0892. The molecule has 6 heteroatoms. The molecule has 1 saturated heterocycles. The van der Waals surface area contributed by atoms with Crippen LogP contribution in [-0.2, 0) is 0 Å². The van der Waals surface area contributed by atoms with Gasteiger partial charge in [0.1, 0.15) is 11.5 Å². The number of pyridine rings is 1. The van der Waals surface area contributed by atoms with Crippen LogP contribution in [0.4, 0.5) is 4.79 Å². The number of carbonyl (C=O) groups excluding carboxylic acids is 1. The summed E-state index contributed by atoms with van der Waals surface area (Å²) >= 11 is 0. The van der Waals surface area contributed by atoms with Gasteiger partial charge in [0, 0.05) is 31.4 Å². The highest BCUT2D eigenvalue weighted by molar-refractivity contribution is 5.74. The maximum absolute atomic E-state index is 12.5. The molecule has 0 radical (unpaired) electrons. The lowest BCUT2D eigenvalue weighted by Gasteiger charge is -2.31. The predicted octanol–water partition coefficient (Wildman–Crippen LogP) is 4.64. The average Bonchev–Trinajstić information content (AvgIpc) is 3.24. The fraction of sp³-hybridized carbons (Fsp3) is 0.500. The van der Waals surface area contributed by atoms with Gasteiger partial charge in [0.25, 0.3) is 0 Å². The number of carbonyl (C=O) groups is 1. The molecule has 2 heterocycles. The second-order valence-electron chi connectivity index (χ2n) is 8.47. The van der Waals surface area contributed by atoms with E-state index < -0.39 is 0 Å². The van der Waals surface area contributed by atoms with Gasteiger partial charge in [-0.3, -0.25) is 9.88 Å². The SMILES string of the molecule is CC(NC(=O)NC1CCN(C2CCCCC2)C1)c1ccc(Oc2cccnc2)cc1. The van der Waals surface area contributed by atoms with Gasteiger partial charge in [-0.1, -0.05) is 31.4 Å². The first-order valence-corrected chi connectivity index (χ1v) is 11.2. The molecule has 4 rings (SSSR count). The van der Waals surface area contributed by atoms with Crippen LogP contribution in [0.5, 0.6) is 11.5 Å². The van der Waals surface area contributed by atoms with Gasteiger partial charge in [0.05, 0.1) is 12.2 Å². The van der Waals surface area contributed by atoms with E-state index in [0.29, 0.717) is 5.75 Å². The van der Waals surface area contributed by atoms with Crippen LogP contribution in [0.2, 0.25) is 0 Å². The van der Waals surface area contributed by atoms with Gasteiger partial charge in [-0.25, -0.2) is 4.79 Å². The Morgan fingerprint density at radius 1 is 1.10 bits per heavy atom. The first-order valence-electron chi connectivity index (χ1n) is 11.2. The van der Waals surface area contributed by atoms with Crippen LogP contribution in [0, 0.1) is 0 Å². The van der Waals surface area contributed by atoms with Gasteiger partial charge >= 0.3 is 6.03 Å². The second kappa shape index (κ2) is 9.94. The lowest BCUT2D eigenvalue weighted by atomic mass is 9.94. The molecule has 1 aliphatic carbocycles. The zero-order valence-electron chi connectivity index (χ0n) is 17.7. The summed E-state index contributed by atoms with van der Waals surface area (Å²) in [6.07, 6.45) is 11.1. The number of hydrogen-bond acceptors (Lipinski definition) is 4. The van der Waals surface area contributed by atoms with E-state index in [1.165, 1.54) is 32.1 Å². The maximum Gasteiger partial charge on any atom is 0.315 e. The monoisotopic (exact) mass is 408 g/mol. The largest absolute Gasteiger partial charge is 0.456 e. The van der Waals surface area contributed by atoms with E-state index >= 15 is 0 Å². The number of hydrogen-bond donors (Lipinski definition) is 2. The lowest BCUT2D eigenvalue weighted by molar-refractivity contribution is 0.186. The first-order chi connectivity index (χ1) is 14.7. The maximum atomic E-state index is 12.5. The Morgan fingerprint density at radius 3 is 2.63 bits per heavy atom. The Morgan fingerprint density at radius 2 is 1.90 bits per heavy atom. The summed E-state index contributed by atoms with van der Waals surface area (Å²) in [4.78, 5) is 19.1. The van der Waals surface area contributed by atoms with Gasteiger partial charge in [-0.2, -0.15) is 0 Å². The molecular formula is C24H32N4O2. The molecule has 1 aromatic carbocycles. The van der Waals surface area contributed by atoms with Crippen molar-refractivity contribution in [1.82, 2.24) is 20.5 Å². The average molecular weight is 409 g/mol. The van der Waals surface area contributed by atoms with Gasteiger partial charge in [-0.05, 0) is 56.0 Å². The van der Waals surface area contributed by atoms with Gasteiger partial charge < -0.3 is 15.4 Å². The third kappa shape index (κ3) is 5.51. The summed E-state index contributed by atoms with van der Waals surface area (Å²) in [6, 6.07) is 12.3. The Kier molecular flexibility index (Phi) is 6.84. The van der Waals surface area contributed by atoms with Crippen LogP contribution in [0.15, 0.2) is 48.8 Å². The molecule has 1 aliphatic heterocycles. The molecule has 6 nitrogen and oxygen atoms in total. The van der Waals surface area contributed by atoms with Gasteiger partial charge in [-0.15, -0.1) is 0 Å². The molecule has 0 bridgehead atoms. The highest BCUT2D eigenvalue weighted by Gasteiger charge is 2.29. The van der Waals surface area contributed by atoms with E-state index in [1.54, 1.807) is 12.4 Å². The van der Waals surface area contributed by atoms with Gasteiger partial charge in [0.2, 0.25) is 0 Å². The number of rotatable bonds is 6. The first kappa shape index (κ1) is 20.7. The minimum Gasteiger partial charge on any atom is -0.456 e. The molecule has 2 aliphatic rings. The molecule has 2 atom stereocenters. The molecule has 2 N–H and O–H groups in total. The Bertz CT molecular complexity index is 806. The van der Waals surface area contributed by atoms with Crippen LogP contribution in [0.3, 0.4) is 0 Å². The molecule has 2 aromatic rings. The summed E-state index contributed by atoms with van der Waals surface area (Å²) in [6.45, 7) is 4.08. The molecule has 2 fully saturated rings. The third-order valence-electron chi connectivity index (χ3n) is 6.24. The number of urea groups is 1. The van der Waals surface area contributed by atoms with Crippen molar-refractivity contribution in [2.75, 3.05) is 13.1 Å². The Labute approximate surface area is 179 Å². The molecule has 2 amide bonds. The summed E-state index contributed by atoms with van der Waals surface area (Å²) in [7, 11) is 0. The van der Waals surface area contributed by atoms with Crippen molar-refractivity contribution in [2.45, 2.75) is 63.6 Å². The van der Waals surface area contributed by atoms with E-state index in [-0.39, 0.29) is 18.1 Å². The third-order valence-corrected chi connectivity index (χ3v) is 6.24. The summed E-state index contributed by atoms with van der Waals surface area (Å²) < 4.78 is 5.78. The van der Waals surface area contributed by atoms with E-state index in [0.717, 1.165) is 36.9 Å². The second-order valence-corrected chi connectivity index (χ2v) is 8.47. The van der Waals surface area contributed by atoms with E-state index in [9.17, 15) is 4.79 Å². The number of likely N-dealkylation sites (tertiary alicyclic amines) is 1. The smallest absolute Gasteiger partial charge is 0.315 e. The number of aromatic nitrogens is 1. The molecule has 160 valence electrons. The van der Waals surface area contributed by atoms with E-state index in [1.807, 2.05) is 43.3 Å². The minimum absolute atomic E-state index is 0.0757. The summed E-state index contributed by atoms with van der Waals surface area (Å²) in [5, 5.41) is 6.24. The van der Waals surface area contributed by atoms with Crippen molar-refractivity contribution in [3.05, 3.63) is 54.4 Å². The molecule has 1 aromatic heterocycles. The number of amides is 2. The fourth-order valence-electron chi connectivity index (χ4n) is 4.56. The molecule has 2 unspecified atom stereocenters. The van der Waals surface area contributed by atoms with Crippen LogP contribution in [0.25, 0.3) is 0 Å². The number of nitrogens with one attached hydrogen (secondary N) is 2. The van der Waals surface area contributed by atoms with E-state index in [4.69, 9.17) is 4.74 Å². The zero-order valence-corrected chi connectivity index (χ0v) is 17.7. The molecule has 30 heavy (non-hydrogen) atoms. The van der Waals surface area contributed by atoms with Crippen molar-refractivity contribution >= 4 is 6.03 Å². The van der Waals surface area contributed by atoms with Crippen LogP contribution >= 0.6 is 0 Å².